The second kappa shape index (κ2) is 8.38. The van der Waals surface area contributed by atoms with Gasteiger partial charge in [0, 0.05) is 24.7 Å². The predicted octanol–water partition coefficient (Wildman–Crippen LogP) is 4.27. The topological polar surface area (TPSA) is 29.9 Å². The van der Waals surface area contributed by atoms with Crippen molar-refractivity contribution in [3.63, 3.8) is 0 Å². The van der Waals surface area contributed by atoms with Crippen LogP contribution in [-0.4, -0.2) is 22.4 Å². The Balaban J connectivity index is 1.95. The summed E-state index contributed by atoms with van der Waals surface area (Å²) in [5.41, 5.74) is 2.87. The maximum atomic E-state index is 4.75. The molecule has 2 atom stereocenters. The van der Waals surface area contributed by atoms with Crippen molar-refractivity contribution in [1.29, 1.82) is 0 Å². The predicted molar refractivity (Wildman–Crippen MR) is 89.6 cm³/mol. The van der Waals surface area contributed by atoms with Crippen molar-refractivity contribution in [2.75, 3.05) is 6.54 Å². The Kier molecular flexibility index (Phi) is 6.50. The van der Waals surface area contributed by atoms with Crippen LogP contribution in [0.25, 0.3) is 0 Å². The highest BCUT2D eigenvalue weighted by atomic mass is 15.3. The second-order valence-corrected chi connectivity index (χ2v) is 6.32. The van der Waals surface area contributed by atoms with E-state index in [9.17, 15) is 0 Å². The summed E-state index contributed by atoms with van der Waals surface area (Å²) in [7, 11) is 0. The van der Waals surface area contributed by atoms with Gasteiger partial charge in [0.15, 0.2) is 0 Å². The molecule has 0 spiro atoms. The lowest BCUT2D eigenvalue weighted by Gasteiger charge is -2.21. The van der Waals surface area contributed by atoms with Gasteiger partial charge in [-0.05, 0) is 58.1 Å². The Morgan fingerprint density at radius 3 is 2.81 bits per heavy atom. The molecule has 118 valence electrons. The zero-order chi connectivity index (χ0) is 15.1. The highest BCUT2D eigenvalue weighted by Crippen LogP contribution is 2.22. The summed E-state index contributed by atoms with van der Waals surface area (Å²) in [4.78, 5) is 0. The van der Waals surface area contributed by atoms with Gasteiger partial charge in [-0.25, -0.2) is 0 Å². The number of likely N-dealkylation sites (N-methyl/N-ethyl adjacent to an activating group) is 1. The molecule has 0 saturated carbocycles. The van der Waals surface area contributed by atoms with Crippen LogP contribution >= 0.6 is 0 Å². The van der Waals surface area contributed by atoms with Crippen molar-refractivity contribution in [2.45, 2.75) is 77.8 Å². The molecule has 1 heterocycles. The first-order valence-electron chi connectivity index (χ1n) is 8.68. The Bertz CT molecular complexity index is 447. The molecule has 1 aliphatic carbocycles. The fourth-order valence-corrected chi connectivity index (χ4v) is 3.08. The molecule has 0 aromatic carbocycles. The van der Waals surface area contributed by atoms with Gasteiger partial charge in [0.05, 0.1) is 5.69 Å². The lowest BCUT2D eigenvalue weighted by Crippen LogP contribution is -2.31. The normalized spacial score (nSPS) is 18.3. The highest BCUT2D eigenvalue weighted by Gasteiger charge is 2.14. The molecule has 1 aromatic heterocycles. The quantitative estimate of drug-likeness (QED) is 0.724. The molecule has 1 N–H and O–H groups in total. The number of allylic oxidation sites excluding steroid dienone is 1. The van der Waals surface area contributed by atoms with Crippen LogP contribution in [0.5, 0.6) is 0 Å². The zero-order valence-corrected chi connectivity index (χ0v) is 13.9. The van der Waals surface area contributed by atoms with E-state index in [1.165, 1.54) is 37.8 Å². The van der Waals surface area contributed by atoms with Crippen molar-refractivity contribution in [1.82, 2.24) is 15.1 Å². The smallest absolute Gasteiger partial charge is 0.0640 e. The molecule has 0 aliphatic heterocycles. The molecule has 0 amide bonds. The van der Waals surface area contributed by atoms with Gasteiger partial charge >= 0.3 is 0 Å². The molecule has 2 unspecified atom stereocenters. The van der Waals surface area contributed by atoms with E-state index in [2.05, 4.69) is 49.1 Å². The number of aromatic nitrogens is 2. The Labute approximate surface area is 129 Å². The molecule has 3 heteroatoms. The maximum absolute atomic E-state index is 4.75. The van der Waals surface area contributed by atoms with Gasteiger partial charge in [0.25, 0.3) is 0 Å². The minimum atomic E-state index is 0.498. The lowest BCUT2D eigenvalue weighted by molar-refractivity contribution is 0.461. The third-order valence-electron chi connectivity index (χ3n) is 4.55. The molecular weight excluding hydrogens is 258 g/mol. The molecule has 0 radical (unpaired) electrons. The van der Waals surface area contributed by atoms with E-state index in [0.29, 0.717) is 12.1 Å². The molecule has 3 nitrogen and oxygen atoms in total. The summed E-state index contributed by atoms with van der Waals surface area (Å²) in [6.45, 7) is 7.67. The largest absolute Gasteiger partial charge is 0.314 e. The van der Waals surface area contributed by atoms with Crippen molar-refractivity contribution >= 4 is 0 Å². The van der Waals surface area contributed by atoms with Gasteiger partial charge in [-0.1, -0.05) is 25.5 Å². The third kappa shape index (κ3) is 4.99. The van der Waals surface area contributed by atoms with E-state index in [4.69, 9.17) is 5.10 Å². The van der Waals surface area contributed by atoms with Crippen LogP contribution in [-0.2, 0) is 6.42 Å². The van der Waals surface area contributed by atoms with E-state index >= 15 is 0 Å². The standard InChI is InChI=1S/C18H31N3/c1-4-15(3)21-12-11-17(20-21)14-18(19-5-2)13-16-9-7-6-8-10-16/h9,11-12,15,18-19H,4-8,10,13-14H2,1-3H3. The first-order valence-corrected chi connectivity index (χ1v) is 8.68. The summed E-state index contributed by atoms with van der Waals surface area (Å²) in [5.74, 6) is 0. The van der Waals surface area contributed by atoms with Gasteiger partial charge in [-0.3, -0.25) is 4.68 Å². The van der Waals surface area contributed by atoms with Crippen molar-refractivity contribution in [2.24, 2.45) is 0 Å². The van der Waals surface area contributed by atoms with Gasteiger partial charge in [-0.15, -0.1) is 0 Å². The van der Waals surface area contributed by atoms with Crippen molar-refractivity contribution < 1.29 is 0 Å². The van der Waals surface area contributed by atoms with Gasteiger partial charge < -0.3 is 5.32 Å². The van der Waals surface area contributed by atoms with Crippen LogP contribution in [0, 0.1) is 0 Å². The van der Waals surface area contributed by atoms with E-state index in [0.717, 1.165) is 19.4 Å². The Morgan fingerprint density at radius 2 is 2.14 bits per heavy atom. The molecule has 1 aliphatic rings. The third-order valence-corrected chi connectivity index (χ3v) is 4.55. The van der Waals surface area contributed by atoms with Crippen LogP contribution in [0.4, 0.5) is 0 Å². The summed E-state index contributed by atoms with van der Waals surface area (Å²) in [6.07, 6.45) is 13.3. The minimum Gasteiger partial charge on any atom is -0.314 e. The monoisotopic (exact) mass is 289 g/mol. The molecule has 21 heavy (non-hydrogen) atoms. The van der Waals surface area contributed by atoms with Crippen LogP contribution in [0.3, 0.4) is 0 Å². The Morgan fingerprint density at radius 1 is 1.29 bits per heavy atom. The molecule has 0 bridgehead atoms. The molecule has 2 rings (SSSR count). The van der Waals surface area contributed by atoms with E-state index < -0.39 is 0 Å². The number of nitrogens with one attached hydrogen (secondary N) is 1. The average Bonchev–Trinajstić information content (AvgIpc) is 2.96. The van der Waals surface area contributed by atoms with Crippen molar-refractivity contribution in [3.8, 4) is 0 Å². The number of hydrogen-bond acceptors (Lipinski definition) is 2. The summed E-state index contributed by atoms with van der Waals surface area (Å²) in [6, 6.07) is 3.21. The fourth-order valence-electron chi connectivity index (χ4n) is 3.08. The average molecular weight is 289 g/mol. The van der Waals surface area contributed by atoms with Crippen LogP contribution in [0.2, 0.25) is 0 Å². The number of hydrogen-bond donors (Lipinski definition) is 1. The number of rotatable bonds is 8. The van der Waals surface area contributed by atoms with Gasteiger partial charge in [-0.2, -0.15) is 5.10 Å². The Hall–Kier alpha value is -1.09. The van der Waals surface area contributed by atoms with Gasteiger partial charge in [0.1, 0.15) is 0 Å². The maximum Gasteiger partial charge on any atom is 0.0640 e. The van der Waals surface area contributed by atoms with E-state index in [-0.39, 0.29) is 0 Å². The van der Waals surface area contributed by atoms with E-state index in [1.807, 2.05) is 0 Å². The van der Waals surface area contributed by atoms with Crippen LogP contribution < -0.4 is 5.32 Å². The lowest BCUT2D eigenvalue weighted by atomic mass is 9.93. The fraction of sp³-hybridized carbons (Fsp3) is 0.722. The SMILES string of the molecule is CCNC(CC1=CCCCC1)Cc1ccn(C(C)CC)n1. The number of nitrogens with zero attached hydrogens (tertiary/aromatic N) is 2. The zero-order valence-electron chi connectivity index (χ0n) is 13.9. The molecule has 0 fully saturated rings. The summed E-state index contributed by atoms with van der Waals surface area (Å²) < 4.78 is 2.11. The second-order valence-electron chi connectivity index (χ2n) is 6.32. The molecular formula is C18H31N3. The molecule has 1 aromatic rings. The summed E-state index contributed by atoms with van der Waals surface area (Å²) >= 11 is 0. The summed E-state index contributed by atoms with van der Waals surface area (Å²) in [5, 5.41) is 8.39. The molecule has 0 saturated heterocycles. The van der Waals surface area contributed by atoms with E-state index in [1.54, 1.807) is 5.57 Å². The minimum absolute atomic E-state index is 0.498. The first kappa shape index (κ1) is 16.3. The van der Waals surface area contributed by atoms with Crippen LogP contribution in [0.15, 0.2) is 23.9 Å². The van der Waals surface area contributed by atoms with Crippen molar-refractivity contribution in [3.05, 3.63) is 29.6 Å². The van der Waals surface area contributed by atoms with Gasteiger partial charge in [0.2, 0.25) is 0 Å². The highest BCUT2D eigenvalue weighted by molar-refractivity contribution is 5.10. The van der Waals surface area contributed by atoms with Crippen LogP contribution in [0.1, 0.15) is 71.0 Å². The first-order chi connectivity index (χ1) is 10.2.